The van der Waals surface area contributed by atoms with E-state index in [1.54, 1.807) is 14.2 Å². The van der Waals surface area contributed by atoms with Crippen LogP contribution in [-0.4, -0.2) is 47.4 Å². The molecule has 0 aliphatic heterocycles. The van der Waals surface area contributed by atoms with Crippen LogP contribution in [0.3, 0.4) is 0 Å². The average Bonchev–Trinajstić information content (AvgIpc) is 3.61. The van der Waals surface area contributed by atoms with E-state index in [4.69, 9.17) is 14.2 Å². The van der Waals surface area contributed by atoms with Gasteiger partial charge in [0.15, 0.2) is 5.75 Å². The van der Waals surface area contributed by atoms with Crippen LogP contribution in [0.25, 0.3) is 10.1 Å². The molecule has 2 heterocycles. The highest BCUT2D eigenvalue weighted by Crippen LogP contribution is 2.45. The molecule has 0 atom stereocenters. The predicted octanol–water partition coefficient (Wildman–Crippen LogP) is 5.23. The van der Waals surface area contributed by atoms with Crippen LogP contribution in [0.15, 0.2) is 36.4 Å². The van der Waals surface area contributed by atoms with E-state index in [1.807, 2.05) is 31.2 Å². The lowest BCUT2D eigenvalue weighted by atomic mass is 9.80. The molecule has 1 amide bonds. The van der Waals surface area contributed by atoms with Crippen molar-refractivity contribution in [3.63, 3.8) is 0 Å². The topological polar surface area (TPSA) is 111 Å². The van der Waals surface area contributed by atoms with Gasteiger partial charge >= 0.3 is 0 Å². The van der Waals surface area contributed by atoms with Gasteiger partial charge in [-0.3, -0.25) is 10.1 Å². The zero-order chi connectivity index (χ0) is 24.4. The Morgan fingerprint density at radius 2 is 1.94 bits per heavy atom. The molecule has 10 heteroatoms. The molecule has 1 aliphatic rings. The summed E-state index contributed by atoms with van der Waals surface area (Å²) < 4.78 is 18.4. The normalized spacial score (nSPS) is 14.8. The van der Waals surface area contributed by atoms with Gasteiger partial charge in [0.2, 0.25) is 0 Å². The van der Waals surface area contributed by atoms with E-state index in [0.29, 0.717) is 23.0 Å². The second-order valence-corrected chi connectivity index (χ2v) is 9.87. The molecular formula is C25H27N5O4S. The molecule has 2 aromatic heterocycles. The first-order valence-corrected chi connectivity index (χ1v) is 12.3. The molecule has 182 valence electrons. The fourth-order valence-corrected chi connectivity index (χ4v) is 5.99. The monoisotopic (exact) mass is 493 g/mol. The Labute approximate surface area is 206 Å². The number of thiophene rings is 1. The zero-order valence-electron chi connectivity index (χ0n) is 19.9. The third-order valence-electron chi connectivity index (χ3n) is 6.60. The molecule has 0 radical (unpaired) electrons. The lowest BCUT2D eigenvalue weighted by Crippen LogP contribution is -2.27. The summed E-state index contributed by atoms with van der Waals surface area (Å²) >= 11 is 1.34. The van der Waals surface area contributed by atoms with Gasteiger partial charge in [-0.1, -0.05) is 30.1 Å². The number of rotatable bonds is 8. The summed E-state index contributed by atoms with van der Waals surface area (Å²) in [6.07, 6.45) is 4.66. The Morgan fingerprint density at radius 3 is 2.60 bits per heavy atom. The molecule has 0 unspecified atom stereocenters. The first-order valence-electron chi connectivity index (χ1n) is 11.5. The van der Waals surface area contributed by atoms with E-state index in [2.05, 4.69) is 38.1 Å². The molecule has 4 aromatic rings. The van der Waals surface area contributed by atoms with Crippen molar-refractivity contribution in [1.29, 1.82) is 0 Å². The van der Waals surface area contributed by atoms with E-state index in [9.17, 15) is 4.79 Å². The number of H-pyrrole nitrogens is 1. The zero-order valence-corrected chi connectivity index (χ0v) is 20.7. The van der Waals surface area contributed by atoms with Crippen molar-refractivity contribution in [3.8, 4) is 17.2 Å². The summed E-state index contributed by atoms with van der Waals surface area (Å²) in [6, 6.07) is 12.0. The number of amides is 1. The Hall–Kier alpha value is -3.50. The molecule has 0 spiro atoms. The van der Waals surface area contributed by atoms with E-state index in [0.717, 1.165) is 34.2 Å². The molecule has 2 aromatic carbocycles. The van der Waals surface area contributed by atoms with Gasteiger partial charge in [-0.25, -0.2) is 0 Å². The third kappa shape index (κ3) is 4.46. The highest BCUT2D eigenvalue weighted by atomic mass is 32.1. The summed E-state index contributed by atoms with van der Waals surface area (Å²) in [5, 5.41) is 16.9. The van der Waals surface area contributed by atoms with E-state index >= 15 is 0 Å². The number of anilines is 1. The molecule has 1 saturated carbocycles. The van der Waals surface area contributed by atoms with Crippen LogP contribution < -0.4 is 14.8 Å². The summed E-state index contributed by atoms with van der Waals surface area (Å²) in [6.45, 7) is 2.68. The smallest absolute Gasteiger partial charge is 0.272 e. The Kier molecular flexibility index (Phi) is 6.40. The third-order valence-corrected chi connectivity index (χ3v) is 7.74. The van der Waals surface area contributed by atoms with Crippen LogP contribution >= 0.6 is 11.3 Å². The summed E-state index contributed by atoms with van der Waals surface area (Å²) in [5.41, 5.74) is 2.29. The van der Waals surface area contributed by atoms with Crippen LogP contribution in [0.5, 0.6) is 17.2 Å². The fraction of sp³-hybridized carbons (Fsp3) is 0.360. The van der Waals surface area contributed by atoms with Gasteiger partial charge in [0.25, 0.3) is 11.9 Å². The molecule has 35 heavy (non-hydrogen) atoms. The van der Waals surface area contributed by atoms with E-state index in [1.165, 1.54) is 29.7 Å². The number of hydrogen-bond acceptors (Lipinski definition) is 8. The number of fused-ring (bicyclic) bond motifs is 1. The minimum Gasteiger partial charge on any atom is -0.496 e. The number of carbonyl (C=O) groups is 1. The summed E-state index contributed by atoms with van der Waals surface area (Å²) in [4.78, 5) is 13.5. The van der Waals surface area contributed by atoms with Crippen molar-refractivity contribution in [2.24, 2.45) is 0 Å². The Bertz CT molecular complexity index is 1330. The van der Waals surface area contributed by atoms with E-state index in [-0.39, 0.29) is 17.3 Å². The van der Waals surface area contributed by atoms with Gasteiger partial charge < -0.3 is 14.2 Å². The van der Waals surface area contributed by atoms with Gasteiger partial charge in [-0.05, 0) is 60.4 Å². The van der Waals surface area contributed by atoms with Crippen LogP contribution in [0.1, 0.15) is 46.5 Å². The quantitative estimate of drug-likeness (QED) is 0.345. The van der Waals surface area contributed by atoms with Crippen molar-refractivity contribution >= 4 is 33.3 Å². The number of nitrogens with one attached hydrogen (secondary N) is 2. The molecule has 1 aliphatic carbocycles. The highest BCUT2D eigenvalue weighted by Gasteiger charge is 2.35. The van der Waals surface area contributed by atoms with E-state index < -0.39 is 0 Å². The molecule has 9 nitrogen and oxygen atoms in total. The molecule has 0 saturated heterocycles. The molecule has 0 bridgehead atoms. The first-order chi connectivity index (χ1) is 17.0. The standard InChI is InChI=1S/C25H27N5O4S/c1-15-12-20-18(13-19(15)33-3)21(22(35-20)23(31)26-24-27-29-30-28-24)34-17-8-6-16(7-9-17)25(14-32-2)10-4-5-11-25/h6-9,12-13H,4-5,10-11,14H2,1-3H3,(H2,26,27,28,29,30,31). The van der Waals surface area contributed by atoms with Gasteiger partial charge in [0.05, 0.1) is 13.7 Å². The maximum absolute atomic E-state index is 13.1. The second kappa shape index (κ2) is 9.63. The number of methoxy groups -OCH3 is 2. The maximum Gasteiger partial charge on any atom is 0.272 e. The molecule has 2 N–H and O–H groups in total. The number of benzene rings is 2. The number of aromatic nitrogens is 4. The number of carbonyl (C=O) groups excluding carboxylic acids is 1. The van der Waals surface area contributed by atoms with Crippen molar-refractivity contribution in [1.82, 2.24) is 20.6 Å². The largest absolute Gasteiger partial charge is 0.496 e. The minimum absolute atomic E-state index is 0.0584. The second-order valence-electron chi connectivity index (χ2n) is 8.81. The number of nitrogens with zero attached hydrogens (tertiary/aromatic N) is 3. The lowest BCUT2D eigenvalue weighted by Gasteiger charge is -2.28. The average molecular weight is 494 g/mol. The summed E-state index contributed by atoms with van der Waals surface area (Å²) in [5.74, 6) is 1.55. The SMILES string of the molecule is COCC1(c2ccc(Oc3c(C(=O)Nc4nn[nH]n4)sc4cc(C)c(OC)cc34)cc2)CCCC1. The number of aryl methyl sites for hydroxylation is 1. The van der Waals surface area contributed by atoms with Gasteiger partial charge in [0, 0.05) is 22.6 Å². The van der Waals surface area contributed by atoms with Gasteiger partial charge in [0.1, 0.15) is 16.4 Å². The van der Waals surface area contributed by atoms with Crippen molar-refractivity contribution < 1.29 is 19.0 Å². The first kappa shape index (κ1) is 23.3. The molecular weight excluding hydrogens is 466 g/mol. The highest BCUT2D eigenvalue weighted by molar-refractivity contribution is 7.21. The van der Waals surface area contributed by atoms with Crippen LogP contribution in [0, 0.1) is 6.92 Å². The maximum atomic E-state index is 13.1. The number of hydrogen-bond donors (Lipinski definition) is 2. The predicted molar refractivity (Wildman–Crippen MR) is 134 cm³/mol. The summed E-state index contributed by atoms with van der Waals surface area (Å²) in [7, 11) is 3.39. The van der Waals surface area contributed by atoms with Crippen LogP contribution in [0.4, 0.5) is 5.95 Å². The molecule has 5 rings (SSSR count). The lowest BCUT2D eigenvalue weighted by molar-refractivity contribution is 0.102. The van der Waals surface area contributed by atoms with Crippen molar-refractivity contribution in [3.05, 3.63) is 52.4 Å². The minimum atomic E-state index is -0.374. The van der Waals surface area contributed by atoms with Crippen molar-refractivity contribution in [2.45, 2.75) is 38.0 Å². The van der Waals surface area contributed by atoms with Crippen LogP contribution in [0.2, 0.25) is 0 Å². The number of aromatic amines is 1. The number of ether oxygens (including phenoxy) is 3. The Balaban J connectivity index is 1.51. The molecule has 1 fully saturated rings. The van der Waals surface area contributed by atoms with Gasteiger partial charge in [-0.15, -0.1) is 16.4 Å². The van der Waals surface area contributed by atoms with Crippen LogP contribution in [-0.2, 0) is 10.2 Å². The Morgan fingerprint density at radius 1 is 1.17 bits per heavy atom. The fourth-order valence-electron chi connectivity index (χ4n) is 4.88. The number of tetrazole rings is 1. The van der Waals surface area contributed by atoms with Crippen molar-refractivity contribution in [2.75, 3.05) is 26.1 Å². The van der Waals surface area contributed by atoms with Gasteiger partial charge in [-0.2, -0.15) is 5.21 Å².